The molecule has 0 radical (unpaired) electrons. The number of fused-ring (bicyclic) bond motifs is 1. The molecule has 0 saturated heterocycles. The Morgan fingerprint density at radius 3 is 2.30 bits per heavy atom. The minimum absolute atomic E-state index is 0.0123. The largest absolute Gasteiger partial charge is 0.445 e. The first kappa shape index (κ1) is 55.6. The molecular weight excluding hydrogens is 1010 g/mol. The van der Waals surface area contributed by atoms with E-state index in [2.05, 4.69) is 41.3 Å². The number of benzene rings is 2. The van der Waals surface area contributed by atoms with Crippen LogP contribution >= 0.6 is 0 Å². The van der Waals surface area contributed by atoms with Crippen LogP contribution in [-0.4, -0.2) is 111 Å². The highest BCUT2D eigenvalue weighted by Gasteiger charge is 2.30. The Hall–Kier alpha value is -9.60. The van der Waals surface area contributed by atoms with Crippen molar-refractivity contribution in [3.05, 3.63) is 151 Å². The van der Waals surface area contributed by atoms with Gasteiger partial charge in [-0.05, 0) is 98.2 Å². The third-order valence-electron chi connectivity index (χ3n) is 13.0. The fraction of sp³-hybridized carbons (Fsp3) is 0.298. The molecule has 0 aliphatic carbocycles. The van der Waals surface area contributed by atoms with Gasteiger partial charge in [0.15, 0.2) is 5.65 Å². The van der Waals surface area contributed by atoms with E-state index in [1.807, 2.05) is 85.9 Å². The maximum absolute atomic E-state index is 14.4. The number of amides is 8. The van der Waals surface area contributed by atoms with Gasteiger partial charge in [0.25, 0.3) is 11.8 Å². The summed E-state index contributed by atoms with van der Waals surface area (Å²) in [5, 5.41) is 15.2. The van der Waals surface area contributed by atoms with E-state index in [0.29, 0.717) is 59.1 Å². The smallest absolute Gasteiger partial charge is 0.410 e. The van der Waals surface area contributed by atoms with Gasteiger partial charge in [-0.1, -0.05) is 68.8 Å². The highest BCUT2D eigenvalue weighted by molar-refractivity contribution is 6.12. The SMILES string of the molecule is Cc1cccc(-c2[nH]c(CN(Cc3ccccc3-c3ccccn3)C(=O)OCc3ccc(NC(=O)[C@H](CCCNC(N)=O)NC(=O)C(NC(=O)CCCCCN4C(=O)C=CC4=O)C(C)C)cc3)nc2-c2ccc3ncnn3c2)n1. The quantitative estimate of drug-likeness (QED) is 0.0268. The van der Waals surface area contributed by atoms with Gasteiger partial charge in [-0.2, -0.15) is 5.10 Å². The molecule has 22 nitrogen and oxygen atoms in total. The van der Waals surface area contributed by atoms with Crippen molar-refractivity contribution in [3.8, 4) is 33.9 Å². The molecule has 0 spiro atoms. The highest BCUT2D eigenvalue weighted by Crippen LogP contribution is 2.31. The number of aromatic amines is 1. The van der Waals surface area contributed by atoms with Crippen LogP contribution in [0.1, 0.15) is 75.0 Å². The first-order valence-electron chi connectivity index (χ1n) is 26.0. The lowest BCUT2D eigenvalue weighted by Gasteiger charge is -2.25. The number of unbranched alkanes of at least 4 members (excludes halogenated alkanes) is 2. The molecule has 408 valence electrons. The Kier molecular flexibility index (Phi) is 18.6. The molecule has 8 amide bonds. The predicted octanol–water partition coefficient (Wildman–Crippen LogP) is 6.39. The van der Waals surface area contributed by atoms with Crippen LogP contribution in [0.4, 0.5) is 15.3 Å². The van der Waals surface area contributed by atoms with Crippen molar-refractivity contribution in [1.29, 1.82) is 0 Å². The molecule has 22 heteroatoms. The average Bonchev–Trinajstić information content (AvgIpc) is 4.34. The maximum Gasteiger partial charge on any atom is 0.410 e. The van der Waals surface area contributed by atoms with Crippen molar-refractivity contribution in [1.82, 2.24) is 60.3 Å². The summed E-state index contributed by atoms with van der Waals surface area (Å²) in [6.07, 6.45) is 8.93. The maximum atomic E-state index is 14.4. The fourth-order valence-electron chi connectivity index (χ4n) is 8.89. The number of carbonyl (C=O) groups is 7. The first-order valence-corrected chi connectivity index (χ1v) is 26.0. The fourth-order valence-corrected chi connectivity index (χ4v) is 8.89. The Bertz CT molecular complexity index is 3320. The number of nitrogens with zero attached hydrogens (tertiary/aromatic N) is 8. The molecule has 7 aromatic rings. The zero-order valence-electron chi connectivity index (χ0n) is 44.1. The lowest BCUT2D eigenvalue weighted by molar-refractivity contribution is -0.137. The second-order valence-electron chi connectivity index (χ2n) is 19.3. The number of aryl methyl sites for hydroxylation is 1. The van der Waals surface area contributed by atoms with Crippen LogP contribution in [0.3, 0.4) is 0 Å². The Morgan fingerprint density at radius 2 is 1.56 bits per heavy atom. The highest BCUT2D eigenvalue weighted by atomic mass is 16.6. The third kappa shape index (κ3) is 15.1. The molecular formula is C57H62N14O8. The molecule has 5 aromatic heterocycles. The average molecular weight is 1070 g/mol. The molecule has 1 unspecified atom stereocenters. The van der Waals surface area contributed by atoms with E-state index in [1.165, 1.54) is 18.5 Å². The number of anilines is 1. The topological polar surface area (TPSA) is 294 Å². The van der Waals surface area contributed by atoms with E-state index in [-0.39, 0.29) is 75.7 Å². The number of rotatable bonds is 25. The number of urea groups is 1. The lowest BCUT2D eigenvalue weighted by atomic mass is 10.0. The molecule has 7 N–H and O–H groups in total. The molecule has 0 fully saturated rings. The summed E-state index contributed by atoms with van der Waals surface area (Å²) in [5.41, 5.74) is 12.8. The monoisotopic (exact) mass is 1070 g/mol. The molecule has 1 aliphatic heterocycles. The van der Waals surface area contributed by atoms with Gasteiger partial charge in [0.05, 0.1) is 35.9 Å². The van der Waals surface area contributed by atoms with Crippen LogP contribution in [0.2, 0.25) is 0 Å². The zero-order valence-corrected chi connectivity index (χ0v) is 44.1. The number of nitrogens with two attached hydrogens (primary N) is 1. The van der Waals surface area contributed by atoms with Gasteiger partial charge in [-0.3, -0.25) is 43.7 Å². The second-order valence-corrected chi connectivity index (χ2v) is 19.3. The van der Waals surface area contributed by atoms with Crippen LogP contribution < -0.4 is 27.0 Å². The minimum atomic E-state index is -1.08. The second kappa shape index (κ2) is 26.4. The van der Waals surface area contributed by atoms with E-state index in [0.717, 1.165) is 33.0 Å². The summed E-state index contributed by atoms with van der Waals surface area (Å²) in [7, 11) is 0. The molecule has 0 saturated carbocycles. The van der Waals surface area contributed by atoms with Crippen molar-refractivity contribution in [3.63, 3.8) is 0 Å². The number of carbonyl (C=O) groups excluding carboxylic acids is 7. The van der Waals surface area contributed by atoms with Crippen LogP contribution in [0.15, 0.2) is 128 Å². The van der Waals surface area contributed by atoms with E-state index < -0.39 is 36.0 Å². The van der Waals surface area contributed by atoms with Crippen molar-refractivity contribution in [2.75, 3.05) is 18.4 Å². The third-order valence-corrected chi connectivity index (χ3v) is 13.0. The summed E-state index contributed by atoms with van der Waals surface area (Å²) in [4.78, 5) is 115. The van der Waals surface area contributed by atoms with Gasteiger partial charge in [0.1, 0.15) is 30.8 Å². The zero-order chi connectivity index (χ0) is 55.8. The number of primary amides is 1. The Balaban J connectivity index is 0.939. The summed E-state index contributed by atoms with van der Waals surface area (Å²) in [6.45, 7) is 5.86. The van der Waals surface area contributed by atoms with Gasteiger partial charge in [0, 0.05) is 66.6 Å². The van der Waals surface area contributed by atoms with Crippen LogP contribution in [0.5, 0.6) is 0 Å². The summed E-state index contributed by atoms with van der Waals surface area (Å²) < 4.78 is 7.67. The van der Waals surface area contributed by atoms with Gasteiger partial charge in [0.2, 0.25) is 17.7 Å². The van der Waals surface area contributed by atoms with E-state index in [4.69, 9.17) is 20.4 Å². The Labute approximate surface area is 455 Å². The van der Waals surface area contributed by atoms with E-state index in [1.54, 1.807) is 53.7 Å². The van der Waals surface area contributed by atoms with Crippen molar-refractivity contribution in [2.45, 2.75) is 91.1 Å². The van der Waals surface area contributed by atoms with Crippen LogP contribution in [0, 0.1) is 12.8 Å². The number of aromatic nitrogens is 7. The van der Waals surface area contributed by atoms with E-state index >= 15 is 0 Å². The minimum Gasteiger partial charge on any atom is -0.445 e. The van der Waals surface area contributed by atoms with Gasteiger partial charge in [-0.15, -0.1) is 0 Å². The van der Waals surface area contributed by atoms with Crippen LogP contribution in [0.25, 0.3) is 39.5 Å². The molecule has 6 heterocycles. The van der Waals surface area contributed by atoms with Gasteiger partial charge < -0.3 is 36.7 Å². The summed E-state index contributed by atoms with van der Waals surface area (Å²) >= 11 is 0. The summed E-state index contributed by atoms with van der Waals surface area (Å²) in [6, 6.07) is 26.7. The molecule has 0 bridgehead atoms. The molecule has 1 aliphatic rings. The van der Waals surface area contributed by atoms with E-state index in [9.17, 15) is 33.6 Å². The number of hydrogen-bond donors (Lipinski definition) is 6. The summed E-state index contributed by atoms with van der Waals surface area (Å²) in [5.74, 6) is -2.08. The predicted molar refractivity (Wildman–Crippen MR) is 293 cm³/mol. The standard InChI is InChI=1S/C57H62N14O8/c1-36(2)51(68-48(72)19-5-4-10-30-70-49(73)26-27-50(70)74)55(76)65-45(18-12-29-60-56(58)77)54(75)64-41-23-20-38(21-24-41)34-79-57(78)69(31-39-14-6-7-15-42(39)43-16-8-9-28-59-43)33-46-66-52(40-22-25-47-61-35-62-71(47)32-40)53(67-46)44-17-11-13-37(3)63-44/h6-9,11,13-17,20-28,32,35-36,45,51H,4-5,10,12,18-19,29-31,33-34H2,1-3H3,(H,64,75)(H,65,76)(H,66,67)(H,68,72)(H3,58,60,77)/t45-,51?/m0/s1. The van der Waals surface area contributed by atoms with Crippen molar-refractivity contribution < 1.29 is 38.3 Å². The Morgan fingerprint density at radius 1 is 0.785 bits per heavy atom. The normalized spacial score (nSPS) is 12.8. The molecule has 79 heavy (non-hydrogen) atoms. The van der Waals surface area contributed by atoms with Gasteiger partial charge >= 0.3 is 12.1 Å². The van der Waals surface area contributed by atoms with Crippen molar-refractivity contribution >= 4 is 53.0 Å². The number of pyridine rings is 3. The first-order chi connectivity index (χ1) is 38.2. The molecule has 2 aromatic carbocycles. The number of hydrogen-bond acceptors (Lipinski definition) is 13. The number of nitrogens with one attached hydrogen (secondary N) is 5. The number of ether oxygens (including phenoxy) is 1. The number of imidazole rings is 1. The van der Waals surface area contributed by atoms with Crippen molar-refractivity contribution in [2.24, 2.45) is 11.7 Å². The molecule has 2 atom stereocenters. The van der Waals surface area contributed by atoms with Crippen LogP contribution in [-0.2, 0) is 48.4 Å². The van der Waals surface area contributed by atoms with Gasteiger partial charge in [-0.25, -0.2) is 24.1 Å². The molecule has 8 rings (SSSR count). The number of H-pyrrole nitrogens is 1. The lowest BCUT2D eigenvalue weighted by Crippen LogP contribution is -2.54. The number of imide groups is 1.